The van der Waals surface area contributed by atoms with Crippen LogP contribution in [0.5, 0.6) is 0 Å². The minimum absolute atomic E-state index is 0.00840. The van der Waals surface area contributed by atoms with Crippen molar-refractivity contribution < 1.29 is 0 Å². The summed E-state index contributed by atoms with van der Waals surface area (Å²) in [5.74, 6) is 0.00840. The molecular weight excluding hydrogens is 324 g/mol. The minimum atomic E-state index is 0.00840. The molecule has 0 bridgehead atoms. The van der Waals surface area contributed by atoms with Gasteiger partial charge in [0.15, 0.2) is 0 Å². The lowest BCUT2D eigenvalue weighted by molar-refractivity contribution is 0.823. The molecule has 0 heterocycles. The zero-order valence-corrected chi connectivity index (χ0v) is 13.6. The Kier molecular flexibility index (Phi) is 4.73. The summed E-state index contributed by atoms with van der Waals surface area (Å²) in [5.41, 5.74) is 2.07. The average molecular weight is 337 g/mol. The fourth-order valence-corrected chi connectivity index (χ4v) is 3.02. The molecule has 5 heteroatoms. The Hall–Kier alpha value is -0.340. The van der Waals surface area contributed by atoms with Crippen LogP contribution in [0.4, 0.5) is 5.69 Å². The van der Waals surface area contributed by atoms with Gasteiger partial charge in [0.05, 0.1) is 5.03 Å². The first kappa shape index (κ1) is 15.1. The number of hydrogen-bond acceptors (Lipinski definition) is 1. The Morgan fingerprint density at radius 3 is 2.37 bits per heavy atom. The molecule has 0 amide bonds. The second-order valence-corrected chi connectivity index (χ2v) is 6.41. The van der Waals surface area contributed by atoms with E-state index in [0.717, 1.165) is 11.3 Å². The molecule has 0 saturated heterocycles. The second kappa shape index (κ2) is 5.97. The van der Waals surface area contributed by atoms with E-state index in [1.807, 2.05) is 31.1 Å². The summed E-state index contributed by atoms with van der Waals surface area (Å²) < 4.78 is 0. The molecule has 0 saturated carbocycles. The molecule has 1 aliphatic rings. The van der Waals surface area contributed by atoms with E-state index >= 15 is 0 Å². The van der Waals surface area contributed by atoms with Crippen molar-refractivity contribution in [3.8, 4) is 0 Å². The second-order valence-electron chi connectivity index (χ2n) is 4.68. The molecule has 0 aliphatic heterocycles. The van der Waals surface area contributed by atoms with E-state index in [2.05, 4.69) is 6.07 Å². The molecule has 1 nitrogen and oxygen atoms in total. The van der Waals surface area contributed by atoms with E-state index in [9.17, 15) is 0 Å². The van der Waals surface area contributed by atoms with Crippen LogP contribution in [0.15, 0.2) is 39.4 Å². The van der Waals surface area contributed by atoms with E-state index < -0.39 is 0 Å². The van der Waals surface area contributed by atoms with Crippen LogP contribution >= 0.6 is 46.4 Å². The van der Waals surface area contributed by atoms with Crippen LogP contribution in [0.3, 0.4) is 0 Å². The molecule has 0 N–H and O–H groups in total. The zero-order chi connectivity index (χ0) is 14.2. The summed E-state index contributed by atoms with van der Waals surface area (Å²) >= 11 is 24.6. The maximum atomic E-state index is 6.29. The van der Waals surface area contributed by atoms with Gasteiger partial charge in [0.2, 0.25) is 0 Å². The number of anilines is 1. The van der Waals surface area contributed by atoms with Crippen molar-refractivity contribution in [3.05, 3.63) is 50.0 Å². The van der Waals surface area contributed by atoms with E-state index in [1.165, 1.54) is 0 Å². The van der Waals surface area contributed by atoms with Crippen molar-refractivity contribution in [2.45, 2.75) is 12.3 Å². The van der Waals surface area contributed by atoms with Crippen molar-refractivity contribution in [3.63, 3.8) is 0 Å². The highest BCUT2D eigenvalue weighted by atomic mass is 35.5. The predicted octanol–water partition coefficient (Wildman–Crippen LogP) is 5.71. The van der Waals surface area contributed by atoms with Crippen LogP contribution in [0, 0.1) is 0 Å². The zero-order valence-electron chi connectivity index (χ0n) is 10.6. The highest BCUT2D eigenvalue weighted by Crippen LogP contribution is 2.42. The lowest BCUT2D eigenvalue weighted by Crippen LogP contribution is -2.10. The number of rotatable bonds is 2. The van der Waals surface area contributed by atoms with Crippen LogP contribution < -0.4 is 4.90 Å². The molecule has 19 heavy (non-hydrogen) atoms. The van der Waals surface area contributed by atoms with Crippen LogP contribution in [-0.4, -0.2) is 14.1 Å². The Labute approximate surface area is 133 Å². The molecule has 0 fully saturated rings. The molecule has 1 atom stereocenters. The maximum Gasteiger partial charge on any atom is 0.0563 e. The average Bonchev–Trinajstić information content (AvgIpc) is 2.33. The number of allylic oxidation sites excluding steroid dienone is 4. The van der Waals surface area contributed by atoms with Crippen LogP contribution in [0.1, 0.15) is 17.9 Å². The lowest BCUT2D eigenvalue weighted by Gasteiger charge is -2.23. The fourth-order valence-electron chi connectivity index (χ4n) is 2.01. The number of halogens is 4. The molecule has 0 radical (unpaired) electrons. The molecule has 2 rings (SSSR count). The summed E-state index contributed by atoms with van der Waals surface area (Å²) in [4.78, 5) is 2.00. The van der Waals surface area contributed by atoms with Crippen molar-refractivity contribution in [1.29, 1.82) is 0 Å². The van der Waals surface area contributed by atoms with E-state index in [4.69, 9.17) is 46.4 Å². The van der Waals surface area contributed by atoms with Gasteiger partial charge in [-0.2, -0.15) is 0 Å². The maximum absolute atomic E-state index is 6.29. The lowest BCUT2D eigenvalue weighted by atomic mass is 9.91. The largest absolute Gasteiger partial charge is 0.378 e. The van der Waals surface area contributed by atoms with Crippen LogP contribution in [-0.2, 0) is 0 Å². The fraction of sp³-hybridized carbons (Fsp3) is 0.286. The van der Waals surface area contributed by atoms with Gasteiger partial charge in [-0.25, -0.2) is 0 Å². The summed E-state index contributed by atoms with van der Waals surface area (Å²) in [6.45, 7) is 0. The van der Waals surface area contributed by atoms with Gasteiger partial charge >= 0.3 is 0 Å². The third kappa shape index (κ3) is 3.41. The van der Waals surface area contributed by atoms with Crippen molar-refractivity contribution in [2.75, 3.05) is 19.0 Å². The molecular formula is C14H13Cl4N. The SMILES string of the molecule is CN(C)c1cc(Cl)cc(C2CC(Cl)=C(Cl)C=C2Cl)c1. The summed E-state index contributed by atoms with van der Waals surface area (Å²) in [7, 11) is 3.94. The van der Waals surface area contributed by atoms with Gasteiger partial charge in [0, 0.05) is 40.8 Å². The predicted molar refractivity (Wildman–Crippen MR) is 85.8 cm³/mol. The summed E-state index contributed by atoms with van der Waals surface area (Å²) in [6, 6.07) is 5.89. The van der Waals surface area contributed by atoms with Crippen LogP contribution in [0.25, 0.3) is 0 Å². The Morgan fingerprint density at radius 1 is 1.05 bits per heavy atom. The molecule has 0 spiro atoms. The van der Waals surface area contributed by atoms with Crippen molar-refractivity contribution in [2.24, 2.45) is 0 Å². The standard InChI is InChI=1S/C14H13Cl4N/c1-19(2)10-4-8(3-9(15)5-10)11-6-13(17)14(18)7-12(11)16/h3-5,7,11H,6H2,1-2H3. The summed E-state index contributed by atoms with van der Waals surface area (Å²) in [6.07, 6.45) is 2.30. The van der Waals surface area contributed by atoms with E-state index in [1.54, 1.807) is 6.08 Å². The highest BCUT2D eigenvalue weighted by Gasteiger charge is 2.23. The first-order chi connectivity index (χ1) is 8.88. The smallest absolute Gasteiger partial charge is 0.0563 e. The molecule has 1 aromatic rings. The van der Waals surface area contributed by atoms with E-state index in [-0.39, 0.29) is 5.92 Å². The van der Waals surface area contributed by atoms with Gasteiger partial charge in [-0.3, -0.25) is 0 Å². The van der Waals surface area contributed by atoms with Crippen molar-refractivity contribution >= 4 is 52.1 Å². The minimum Gasteiger partial charge on any atom is -0.378 e. The van der Waals surface area contributed by atoms with Crippen LogP contribution in [0.2, 0.25) is 5.02 Å². The number of benzene rings is 1. The number of nitrogens with zero attached hydrogens (tertiary/aromatic N) is 1. The quantitative estimate of drug-likeness (QED) is 0.669. The molecule has 1 aromatic carbocycles. The molecule has 1 aliphatic carbocycles. The molecule has 0 aromatic heterocycles. The van der Waals surface area contributed by atoms with Crippen molar-refractivity contribution in [1.82, 2.24) is 0 Å². The Bertz CT molecular complexity index is 561. The Morgan fingerprint density at radius 2 is 1.74 bits per heavy atom. The van der Waals surface area contributed by atoms with E-state index in [0.29, 0.717) is 26.5 Å². The van der Waals surface area contributed by atoms with Gasteiger partial charge < -0.3 is 4.90 Å². The third-order valence-electron chi connectivity index (χ3n) is 3.06. The summed E-state index contributed by atoms with van der Waals surface area (Å²) in [5, 5.41) is 2.50. The Balaban J connectivity index is 2.41. The third-order valence-corrected chi connectivity index (χ3v) is 4.45. The van der Waals surface area contributed by atoms with Gasteiger partial charge in [-0.15, -0.1) is 0 Å². The topological polar surface area (TPSA) is 3.24 Å². The first-order valence-electron chi connectivity index (χ1n) is 5.77. The molecule has 1 unspecified atom stereocenters. The molecule has 102 valence electrons. The first-order valence-corrected chi connectivity index (χ1v) is 7.28. The van der Waals surface area contributed by atoms with Gasteiger partial charge in [-0.1, -0.05) is 46.4 Å². The normalized spacial score (nSPS) is 19.5. The van der Waals surface area contributed by atoms with Gasteiger partial charge in [0.25, 0.3) is 0 Å². The monoisotopic (exact) mass is 335 g/mol. The van der Waals surface area contributed by atoms with Gasteiger partial charge in [-0.05, 0) is 36.3 Å². The number of hydrogen-bond donors (Lipinski definition) is 0. The highest BCUT2D eigenvalue weighted by molar-refractivity contribution is 6.42. The van der Waals surface area contributed by atoms with Gasteiger partial charge in [0.1, 0.15) is 0 Å².